The Morgan fingerprint density at radius 1 is 1.00 bits per heavy atom. The lowest BCUT2D eigenvalue weighted by atomic mass is 9.98. The van der Waals surface area contributed by atoms with Gasteiger partial charge in [-0.05, 0) is 37.1 Å². The van der Waals surface area contributed by atoms with Crippen LogP contribution in [0, 0.1) is 0 Å². The number of halogens is 2. The molecule has 0 spiro atoms. The van der Waals surface area contributed by atoms with Gasteiger partial charge in [-0.1, -0.05) is 43.2 Å². The van der Waals surface area contributed by atoms with E-state index in [0.717, 1.165) is 36.8 Å². The molecule has 1 aliphatic carbocycles. The van der Waals surface area contributed by atoms with E-state index in [1.54, 1.807) is 17.4 Å². The van der Waals surface area contributed by atoms with Crippen LogP contribution in [0.3, 0.4) is 0 Å². The van der Waals surface area contributed by atoms with Crippen molar-refractivity contribution in [2.24, 2.45) is 0 Å². The minimum Gasteiger partial charge on any atom is -0.435 e. The molecular formula is C22H26F2N3O3+. The number of amides is 3. The van der Waals surface area contributed by atoms with E-state index in [9.17, 15) is 18.4 Å². The van der Waals surface area contributed by atoms with Gasteiger partial charge in [-0.3, -0.25) is 10.1 Å². The lowest BCUT2D eigenvalue weighted by molar-refractivity contribution is -0.676. The van der Waals surface area contributed by atoms with E-state index in [-0.39, 0.29) is 24.4 Å². The van der Waals surface area contributed by atoms with Crippen LogP contribution in [0.2, 0.25) is 0 Å². The Balaban J connectivity index is 1.61. The van der Waals surface area contributed by atoms with Crippen molar-refractivity contribution in [3.8, 4) is 5.75 Å². The first-order chi connectivity index (χ1) is 14.5. The number of imide groups is 1. The van der Waals surface area contributed by atoms with Crippen LogP contribution >= 0.6 is 0 Å². The summed E-state index contributed by atoms with van der Waals surface area (Å²) in [5.74, 6) is -0.328. The number of ether oxygens (including phenoxy) is 1. The summed E-state index contributed by atoms with van der Waals surface area (Å²) >= 11 is 0. The van der Waals surface area contributed by atoms with Gasteiger partial charge in [0.2, 0.25) is 0 Å². The number of hydrogen-bond acceptors (Lipinski definition) is 3. The van der Waals surface area contributed by atoms with Crippen molar-refractivity contribution in [3.05, 3.63) is 65.7 Å². The summed E-state index contributed by atoms with van der Waals surface area (Å²) in [5.41, 5.74) is 1.77. The monoisotopic (exact) mass is 418 g/mol. The highest BCUT2D eigenvalue weighted by Gasteiger charge is 2.22. The van der Waals surface area contributed by atoms with Crippen molar-refractivity contribution in [3.63, 3.8) is 0 Å². The smallest absolute Gasteiger partial charge is 0.387 e. The number of quaternary nitrogens is 1. The molecule has 0 radical (unpaired) electrons. The number of carbonyl (C=O) groups excluding carboxylic acids is 2. The molecule has 1 atom stereocenters. The zero-order valence-electron chi connectivity index (χ0n) is 16.5. The predicted molar refractivity (Wildman–Crippen MR) is 107 cm³/mol. The summed E-state index contributed by atoms with van der Waals surface area (Å²) in [5, 5.41) is 7.00. The second-order valence-electron chi connectivity index (χ2n) is 7.28. The standard InChI is InChI=1S/C22H25F2N3O3/c23-21(24)30-18-12-10-16(11-13-18)20(15-6-2-1-3-7-15)25-14-19(28)27-22(29)26-17-8-4-5-9-17/h1-3,6-7,10-13,17,20-21,25H,4-5,8-9,14H2,(H2,26,27,28,29)/p+1/t20-/m0/s1. The second-order valence-corrected chi connectivity index (χ2v) is 7.28. The number of hydrogen-bond donors (Lipinski definition) is 3. The number of nitrogens with two attached hydrogens (primary N) is 1. The normalized spacial score (nSPS) is 15.0. The van der Waals surface area contributed by atoms with E-state index in [0.29, 0.717) is 0 Å². The highest BCUT2D eigenvalue weighted by atomic mass is 19.3. The topological polar surface area (TPSA) is 84.0 Å². The number of alkyl halides is 2. The van der Waals surface area contributed by atoms with Crippen LogP contribution in [0.25, 0.3) is 0 Å². The molecule has 3 amide bonds. The molecule has 30 heavy (non-hydrogen) atoms. The van der Waals surface area contributed by atoms with Crippen LogP contribution < -0.4 is 20.7 Å². The molecule has 1 saturated carbocycles. The summed E-state index contributed by atoms with van der Waals surface area (Å²) in [4.78, 5) is 24.3. The van der Waals surface area contributed by atoms with Crippen LogP contribution in [-0.2, 0) is 4.79 Å². The fourth-order valence-electron chi connectivity index (χ4n) is 3.68. The largest absolute Gasteiger partial charge is 0.435 e. The van der Waals surface area contributed by atoms with E-state index >= 15 is 0 Å². The quantitative estimate of drug-likeness (QED) is 0.616. The van der Waals surface area contributed by atoms with Crippen LogP contribution in [0.1, 0.15) is 42.9 Å². The van der Waals surface area contributed by atoms with Gasteiger partial charge in [0.1, 0.15) is 11.8 Å². The molecule has 0 unspecified atom stereocenters. The van der Waals surface area contributed by atoms with Gasteiger partial charge in [-0.2, -0.15) is 8.78 Å². The molecule has 0 bridgehead atoms. The first kappa shape index (κ1) is 21.7. The maximum Gasteiger partial charge on any atom is 0.387 e. The molecule has 2 aromatic carbocycles. The Kier molecular flexibility index (Phi) is 7.73. The molecule has 160 valence electrons. The SMILES string of the molecule is O=C(C[NH2+][C@@H](c1ccccc1)c1ccc(OC(F)F)cc1)NC(=O)NC1CCCC1. The molecule has 0 saturated heterocycles. The summed E-state index contributed by atoms with van der Waals surface area (Å²) in [6.45, 7) is -2.85. The average molecular weight is 418 g/mol. The molecule has 4 N–H and O–H groups in total. The number of carbonyl (C=O) groups is 2. The molecular weight excluding hydrogens is 392 g/mol. The van der Waals surface area contributed by atoms with Crippen molar-refractivity contribution in [1.29, 1.82) is 0 Å². The molecule has 0 aromatic heterocycles. The molecule has 6 nitrogen and oxygen atoms in total. The fraction of sp³-hybridized carbons (Fsp3) is 0.364. The van der Waals surface area contributed by atoms with Crippen molar-refractivity contribution in [1.82, 2.24) is 10.6 Å². The van der Waals surface area contributed by atoms with E-state index in [1.807, 2.05) is 30.3 Å². The molecule has 8 heteroatoms. The lowest BCUT2D eigenvalue weighted by Gasteiger charge is -2.17. The Hall–Kier alpha value is -3.00. The van der Waals surface area contributed by atoms with Gasteiger partial charge in [0.05, 0.1) is 0 Å². The van der Waals surface area contributed by atoms with Gasteiger partial charge in [-0.25, -0.2) is 4.79 Å². The summed E-state index contributed by atoms with van der Waals surface area (Å²) in [6, 6.07) is 15.3. The van der Waals surface area contributed by atoms with Crippen LogP contribution in [-0.4, -0.2) is 31.1 Å². The fourth-order valence-corrected chi connectivity index (χ4v) is 3.68. The number of urea groups is 1. The first-order valence-electron chi connectivity index (χ1n) is 10.0. The Labute approximate surface area is 174 Å². The minimum atomic E-state index is -2.88. The van der Waals surface area contributed by atoms with Crippen molar-refractivity contribution >= 4 is 11.9 Å². The minimum absolute atomic E-state index is 0.0347. The van der Waals surface area contributed by atoms with Crippen LogP contribution in [0.15, 0.2) is 54.6 Å². The van der Waals surface area contributed by atoms with Crippen LogP contribution in [0.4, 0.5) is 13.6 Å². The third-order valence-corrected chi connectivity index (χ3v) is 5.11. The van der Waals surface area contributed by atoms with E-state index in [1.165, 1.54) is 12.1 Å². The Morgan fingerprint density at radius 2 is 1.63 bits per heavy atom. The highest BCUT2D eigenvalue weighted by Crippen LogP contribution is 2.22. The van der Waals surface area contributed by atoms with Gasteiger partial charge in [0.15, 0.2) is 6.54 Å². The molecule has 0 aliphatic heterocycles. The molecule has 2 aromatic rings. The maximum absolute atomic E-state index is 12.4. The van der Waals surface area contributed by atoms with Gasteiger partial charge < -0.3 is 15.4 Å². The van der Waals surface area contributed by atoms with Gasteiger partial charge in [0.25, 0.3) is 5.91 Å². The zero-order valence-corrected chi connectivity index (χ0v) is 16.5. The average Bonchev–Trinajstić information content (AvgIpc) is 3.22. The van der Waals surface area contributed by atoms with Crippen molar-refractivity contribution in [2.45, 2.75) is 44.4 Å². The maximum atomic E-state index is 12.4. The second kappa shape index (κ2) is 10.7. The highest BCUT2D eigenvalue weighted by molar-refractivity contribution is 5.94. The Morgan fingerprint density at radius 3 is 2.27 bits per heavy atom. The molecule has 0 heterocycles. The number of benzene rings is 2. The van der Waals surface area contributed by atoms with Crippen molar-refractivity contribution in [2.75, 3.05) is 6.54 Å². The molecule has 1 fully saturated rings. The third kappa shape index (κ3) is 6.52. The van der Waals surface area contributed by atoms with E-state index < -0.39 is 18.5 Å². The zero-order chi connectivity index (χ0) is 21.3. The number of rotatable bonds is 8. The van der Waals surface area contributed by atoms with Crippen molar-refractivity contribution < 1.29 is 28.4 Å². The molecule has 3 rings (SSSR count). The molecule has 1 aliphatic rings. The predicted octanol–water partition coefficient (Wildman–Crippen LogP) is 2.71. The van der Waals surface area contributed by atoms with E-state index in [2.05, 4.69) is 15.4 Å². The summed E-state index contributed by atoms with van der Waals surface area (Å²) in [6.07, 6.45) is 4.06. The van der Waals surface area contributed by atoms with E-state index in [4.69, 9.17) is 0 Å². The third-order valence-electron chi connectivity index (χ3n) is 5.11. The van der Waals surface area contributed by atoms with Gasteiger partial charge in [-0.15, -0.1) is 0 Å². The summed E-state index contributed by atoms with van der Waals surface area (Å²) in [7, 11) is 0. The summed E-state index contributed by atoms with van der Waals surface area (Å²) < 4.78 is 29.2. The Bertz CT molecular complexity index is 825. The van der Waals surface area contributed by atoms with Gasteiger partial charge in [0, 0.05) is 17.2 Å². The van der Waals surface area contributed by atoms with Gasteiger partial charge >= 0.3 is 12.6 Å². The number of nitrogens with one attached hydrogen (secondary N) is 2. The van der Waals surface area contributed by atoms with Crippen LogP contribution in [0.5, 0.6) is 5.75 Å². The first-order valence-corrected chi connectivity index (χ1v) is 10.0. The lowest BCUT2D eigenvalue weighted by Crippen LogP contribution is -2.88.